The van der Waals surface area contributed by atoms with Gasteiger partial charge in [-0.25, -0.2) is 4.98 Å². The number of aryl methyl sites for hydroxylation is 1. The molecule has 1 aromatic rings. The monoisotopic (exact) mass is 198 g/mol. The van der Waals surface area contributed by atoms with E-state index in [9.17, 15) is 0 Å². The molecule has 0 aliphatic heterocycles. The summed E-state index contributed by atoms with van der Waals surface area (Å²) in [4.78, 5) is 7.89. The van der Waals surface area contributed by atoms with Gasteiger partial charge in [0.1, 0.15) is 0 Å². The number of hydrogen-bond acceptors (Lipinski definition) is 3. The van der Waals surface area contributed by atoms with Gasteiger partial charge in [0, 0.05) is 24.2 Å². The number of rotatable bonds is 3. The highest BCUT2D eigenvalue weighted by Gasteiger charge is 2.15. The summed E-state index contributed by atoms with van der Waals surface area (Å²) in [5, 5.41) is 1.12. The summed E-state index contributed by atoms with van der Waals surface area (Å²) in [6.45, 7) is 8.81. The third kappa shape index (κ3) is 2.44. The van der Waals surface area contributed by atoms with Crippen molar-refractivity contribution in [1.82, 2.24) is 4.98 Å². The standard InChI is InChI=1S/C10H18N2S/c1-7(2)9(4)12(5)10-11-6-8(3)13-10/h6-7,9H,1-5H3. The predicted molar refractivity (Wildman–Crippen MR) is 59.6 cm³/mol. The lowest BCUT2D eigenvalue weighted by molar-refractivity contribution is 0.505. The summed E-state index contributed by atoms with van der Waals surface area (Å²) < 4.78 is 0. The molecule has 0 aliphatic carbocycles. The minimum absolute atomic E-state index is 0.547. The normalized spacial score (nSPS) is 13.4. The minimum Gasteiger partial charge on any atom is -0.348 e. The Morgan fingerprint density at radius 2 is 2.00 bits per heavy atom. The van der Waals surface area contributed by atoms with E-state index in [0.717, 1.165) is 5.13 Å². The molecule has 0 bridgehead atoms. The highest BCUT2D eigenvalue weighted by atomic mass is 32.1. The Bertz CT molecular complexity index is 268. The molecule has 0 fully saturated rings. The molecule has 1 rings (SSSR count). The van der Waals surface area contributed by atoms with Gasteiger partial charge in [-0.2, -0.15) is 0 Å². The van der Waals surface area contributed by atoms with E-state index in [4.69, 9.17) is 0 Å². The molecule has 0 aromatic carbocycles. The van der Waals surface area contributed by atoms with Gasteiger partial charge in [0.2, 0.25) is 0 Å². The van der Waals surface area contributed by atoms with E-state index >= 15 is 0 Å². The molecule has 0 spiro atoms. The first kappa shape index (κ1) is 10.5. The molecule has 1 unspecified atom stereocenters. The highest BCUT2D eigenvalue weighted by Crippen LogP contribution is 2.24. The lowest BCUT2D eigenvalue weighted by Gasteiger charge is -2.27. The van der Waals surface area contributed by atoms with Crippen molar-refractivity contribution in [1.29, 1.82) is 0 Å². The third-order valence-corrected chi connectivity index (χ3v) is 3.49. The molecule has 1 aromatic heterocycles. The van der Waals surface area contributed by atoms with Crippen molar-refractivity contribution in [3.05, 3.63) is 11.1 Å². The zero-order chi connectivity index (χ0) is 10.0. The molecule has 0 amide bonds. The molecule has 0 aliphatic rings. The van der Waals surface area contributed by atoms with Gasteiger partial charge >= 0.3 is 0 Å². The van der Waals surface area contributed by atoms with Gasteiger partial charge in [-0.1, -0.05) is 13.8 Å². The van der Waals surface area contributed by atoms with Crippen molar-refractivity contribution in [3.63, 3.8) is 0 Å². The summed E-state index contributed by atoms with van der Waals surface area (Å²) in [5.74, 6) is 0.661. The first-order valence-electron chi connectivity index (χ1n) is 4.67. The Morgan fingerprint density at radius 1 is 1.38 bits per heavy atom. The first-order chi connectivity index (χ1) is 6.02. The van der Waals surface area contributed by atoms with Crippen molar-refractivity contribution in [2.75, 3.05) is 11.9 Å². The summed E-state index contributed by atoms with van der Waals surface area (Å²) in [7, 11) is 2.11. The van der Waals surface area contributed by atoms with Crippen LogP contribution >= 0.6 is 11.3 Å². The third-order valence-electron chi connectivity index (χ3n) is 2.49. The van der Waals surface area contributed by atoms with Crippen LogP contribution < -0.4 is 4.90 Å². The lowest BCUT2D eigenvalue weighted by Crippen LogP contribution is -2.32. The van der Waals surface area contributed by atoms with Gasteiger partial charge in [-0.05, 0) is 19.8 Å². The van der Waals surface area contributed by atoms with Gasteiger partial charge in [-0.3, -0.25) is 0 Å². The Kier molecular flexibility index (Phi) is 3.31. The van der Waals surface area contributed by atoms with Gasteiger partial charge < -0.3 is 4.90 Å². The number of anilines is 1. The molecule has 13 heavy (non-hydrogen) atoms. The number of nitrogens with zero attached hydrogens (tertiary/aromatic N) is 2. The van der Waals surface area contributed by atoms with Crippen LogP contribution in [0.15, 0.2) is 6.20 Å². The van der Waals surface area contributed by atoms with Crippen LogP contribution in [0.2, 0.25) is 0 Å². The number of aromatic nitrogens is 1. The molecule has 74 valence electrons. The van der Waals surface area contributed by atoms with Crippen LogP contribution in [-0.4, -0.2) is 18.1 Å². The van der Waals surface area contributed by atoms with Crippen molar-refractivity contribution in [3.8, 4) is 0 Å². The second-order valence-electron chi connectivity index (χ2n) is 3.85. The van der Waals surface area contributed by atoms with E-state index in [0.29, 0.717) is 12.0 Å². The molecule has 0 saturated carbocycles. The summed E-state index contributed by atoms with van der Waals surface area (Å²) in [6.07, 6.45) is 1.93. The largest absolute Gasteiger partial charge is 0.348 e. The Morgan fingerprint density at radius 3 is 2.38 bits per heavy atom. The summed E-state index contributed by atoms with van der Waals surface area (Å²) in [6, 6.07) is 0.547. The van der Waals surface area contributed by atoms with Crippen molar-refractivity contribution in [2.24, 2.45) is 5.92 Å². The average Bonchev–Trinajstić information content (AvgIpc) is 2.49. The molecule has 0 saturated heterocycles. The molecule has 0 N–H and O–H groups in total. The van der Waals surface area contributed by atoms with Crippen molar-refractivity contribution >= 4 is 16.5 Å². The SMILES string of the molecule is Cc1cnc(N(C)C(C)C(C)C)s1. The summed E-state index contributed by atoms with van der Waals surface area (Å²) >= 11 is 1.76. The number of hydrogen-bond donors (Lipinski definition) is 0. The molecule has 1 heterocycles. The van der Waals surface area contributed by atoms with Crippen LogP contribution in [0.25, 0.3) is 0 Å². The molecule has 3 heteroatoms. The van der Waals surface area contributed by atoms with Gasteiger partial charge in [0.05, 0.1) is 0 Å². The summed E-state index contributed by atoms with van der Waals surface area (Å²) in [5.41, 5.74) is 0. The average molecular weight is 198 g/mol. The maximum atomic E-state index is 4.36. The maximum absolute atomic E-state index is 4.36. The van der Waals surface area contributed by atoms with Gasteiger partial charge in [0.15, 0.2) is 5.13 Å². The van der Waals surface area contributed by atoms with E-state index in [-0.39, 0.29) is 0 Å². The van der Waals surface area contributed by atoms with Crippen LogP contribution in [0.3, 0.4) is 0 Å². The minimum atomic E-state index is 0.547. The highest BCUT2D eigenvalue weighted by molar-refractivity contribution is 7.15. The Hall–Kier alpha value is -0.570. The zero-order valence-corrected chi connectivity index (χ0v) is 9.85. The zero-order valence-electron chi connectivity index (χ0n) is 9.03. The fraction of sp³-hybridized carbons (Fsp3) is 0.700. The molecule has 2 nitrogen and oxygen atoms in total. The maximum Gasteiger partial charge on any atom is 0.185 e. The first-order valence-corrected chi connectivity index (χ1v) is 5.49. The van der Waals surface area contributed by atoms with Crippen molar-refractivity contribution in [2.45, 2.75) is 33.7 Å². The van der Waals surface area contributed by atoms with E-state index in [1.54, 1.807) is 11.3 Å². The van der Waals surface area contributed by atoms with Crippen LogP contribution in [0, 0.1) is 12.8 Å². The van der Waals surface area contributed by atoms with E-state index in [1.807, 2.05) is 6.20 Å². The van der Waals surface area contributed by atoms with E-state index in [1.165, 1.54) is 4.88 Å². The van der Waals surface area contributed by atoms with E-state index < -0.39 is 0 Å². The van der Waals surface area contributed by atoms with Gasteiger partial charge in [0.25, 0.3) is 0 Å². The Balaban J connectivity index is 2.73. The van der Waals surface area contributed by atoms with Crippen LogP contribution in [0.4, 0.5) is 5.13 Å². The lowest BCUT2D eigenvalue weighted by atomic mass is 10.1. The van der Waals surface area contributed by atoms with Crippen LogP contribution in [-0.2, 0) is 0 Å². The number of thiazole rings is 1. The molecule has 1 atom stereocenters. The van der Waals surface area contributed by atoms with Crippen molar-refractivity contribution < 1.29 is 0 Å². The second kappa shape index (κ2) is 4.09. The van der Waals surface area contributed by atoms with Crippen LogP contribution in [0.1, 0.15) is 25.6 Å². The molecular weight excluding hydrogens is 180 g/mol. The Labute approximate surface area is 84.6 Å². The fourth-order valence-corrected chi connectivity index (χ4v) is 1.94. The van der Waals surface area contributed by atoms with Crippen LogP contribution in [0.5, 0.6) is 0 Å². The molecular formula is C10H18N2S. The smallest absolute Gasteiger partial charge is 0.185 e. The molecule has 0 radical (unpaired) electrons. The predicted octanol–water partition coefficient (Wildman–Crippen LogP) is 2.93. The van der Waals surface area contributed by atoms with Gasteiger partial charge in [-0.15, -0.1) is 11.3 Å². The van der Waals surface area contributed by atoms with E-state index in [2.05, 4.69) is 44.6 Å². The topological polar surface area (TPSA) is 16.1 Å². The fourth-order valence-electron chi connectivity index (χ4n) is 1.13. The quantitative estimate of drug-likeness (QED) is 0.742. The second-order valence-corrected chi connectivity index (χ2v) is 5.06.